The third-order valence-corrected chi connectivity index (χ3v) is 3.41. The lowest BCUT2D eigenvalue weighted by molar-refractivity contribution is 0.100. The van der Waals surface area contributed by atoms with Gasteiger partial charge in [0.15, 0.2) is 0 Å². The fourth-order valence-electron chi connectivity index (χ4n) is 2.46. The van der Waals surface area contributed by atoms with E-state index in [4.69, 9.17) is 5.73 Å². The van der Waals surface area contributed by atoms with Crippen LogP contribution in [-0.4, -0.2) is 11.9 Å². The molecule has 1 aromatic rings. The number of primary amides is 1. The Bertz CT molecular complexity index is 409. The number of hydrogen-bond acceptors (Lipinski definition) is 2. The molecule has 1 fully saturated rings. The minimum atomic E-state index is -0.358. The third-order valence-electron chi connectivity index (χ3n) is 3.41. The summed E-state index contributed by atoms with van der Waals surface area (Å²) in [5, 5.41) is 3.47. The van der Waals surface area contributed by atoms with Crippen LogP contribution < -0.4 is 11.1 Å². The minimum absolute atomic E-state index is 0.358. The van der Waals surface area contributed by atoms with E-state index < -0.39 is 0 Å². The van der Waals surface area contributed by atoms with E-state index in [1.807, 2.05) is 39.0 Å². The second-order valence-electron chi connectivity index (χ2n) is 4.89. The SMILES string of the molecule is CC.Cc1ccc(C(N)=O)c(NC2CCCCC2)c1. The van der Waals surface area contributed by atoms with Crippen molar-refractivity contribution in [3.63, 3.8) is 0 Å². The molecule has 19 heavy (non-hydrogen) atoms. The Morgan fingerprint density at radius 1 is 1.21 bits per heavy atom. The number of benzene rings is 1. The third kappa shape index (κ3) is 4.58. The van der Waals surface area contributed by atoms with Gasteiger partial charge < -0.3 is 11.1 Å². The van der Waals surface area contributed by atoms with Gasteiger partial charge in [0, 0.05) is 11.7 Å². The van der Waals surface area contributed by atoms with E-state index in [1.54, 1.807) is 0 Å². The first kappa shape index (κ1) is 15.5. The van der Waals surface area contributed by atoms with E-state index in [9.17, 15) is 4.79 Å². The predicted molar refractivity (Wildman–Crippen MR) is 81.5 cm³/mol. The molecule has 1 aliphatic carbocycles. The molecule has 0 aliphatic heterocycles. The van der Waals surface area contributed by atoms with Crippen molar-refractivity contribution in [3.05, 3.63) is 29.3 Å². The molecule has 1 aromatic carbocycles. The molecule has 0 saturated heterocycles. The number of rotatable bonds is 3. The normalized spacial score (nSPS) is 15.3. The van der Waals surface area contributed by atoms with E-state index in [0.29, 0.717) is 11.6 Å². The molecule has 0 bridgehead atoms. The number of anilines is 1. The number of aryl methyl sites for hydroxylation is 1. The number of nitrogens with one attached hydrogen (secondary N) is 1. The van der Waals surface area contributed by atoms with Crippen molar-refractivity contribution >= 4 is 11.6 Å². The van der Waals surface area contributed by atoms with Gasteiger partial charge in [0.05, 0.1) is 5.56 Å². The quantitative estimate of drug-likeness (QED) is 0.869. The molecule has 0 radical (unpaired) electrons. The second-order valence-corrected chi connectivity index (χ2v) is 4.89. The Morgan fingerprint density at radius 3 is 2.42 bits per heavy atom. The Labute approximate surface area is 116 Å². The molecular formula is C16H26N2O. The maximum Gasteiger partial charge on any atom is 0.250 e. The summed E-state index contributed by atoms with van der Waals surface area (Å²) in [6.07, 6.45) is 6.25. The maximum absolute atomic E-state index is 11.4. The highest BCUT2D eigenvalue weighted by atomic mass is 16.1. The Balaban J connectivity index is 0.000000861. The predicted octanol–water partition coefficient (Wildman–Crippen LogP) is 3.86. The van der Waals surface area contributed by atoms with Gasteiger partial charge in [0.25, 0.3) is 5.91 Å². The number of amides is 1. The van der Waals surface area contributed by atoms with Crippen molar-refractivity contribution in [2.24, 2.45) is 5.73 Å². The van der Waals surface area contributed by atoms with Crippen molar-refractivity contribution in [2.75, 3.05) is 5.32 Å². The lowest BCUT2D eigenvalue weighted by Gasteiger charge is -2.25. The summed E-state index contributed by atoms with van der Waals surface area (Å²) >= 11 is 0. The summed E-state index contributed by atoms with van der Waals surface area (Å²) in [5.41, 5.74) is 8.03. The van der Waals surface area contributed by atoms with Crippen LogP contribution in [0.4, 0.5) is 5.69 Å². The van der Waals surface area contributed by atoms with Crippen LogP contribution in [0.25, 0.3) is 0 Å². The molecule has 0 heterocycles. The van der Waals surface area contributed by atoms with Crippen molar-refractivity contribution in [1.29, 1.82) is 0 Å². The molecule has 0 spiro atoms. The highest BCUT2D eigenvalue weighted by Gasteiger charge is 2.16. The fourth-order valence-corrected chi connectivity index (χ4v) is 2.46. The maximum atomic E-state index is 11.4. The number of carbonyl (C=O) groups is 1. The van der Waals surface area contributed by atoms with Gasteiger partial charge in [-0.15, -0.1) is 0 Å². The average molecular weight is 262 g/mol. The van der Waals surface area contributed by atoms with E-state index in [-0.39, 0.29) is 5.91 Å². The van der Waals surface area contributed by atoms with Gasteiger partial charge >= 0.3 is 0 Å². The summed E-state index contributed by atoms with van der Waals surface area (Å²) < 4.78 is 0. The molecule has 3 nitrogen and oxygen atoms in total. The van der Waals surface area contributed by atoms with Gasteiger partial charge in [-0.1, -0.05) is 39.2 Å². The largest absolute Gasteiger partial charge is 0.382 e. The van der Waals surface area contributed by atoms with E-state index in [0.717, 1.165) is 11.3 Å². The van der Waals surface area contributed by atoms with Crippen LogP contribution in [0, 0.1) is 6.92 Å². The number of nitrogens with two attached hydrogens (primary N) is 1. The summed E-state index contributed by atoms with van der Waals surface area (Å²) in [6, 6.07) is 6.23. The van der Waals surface area contributed by atoms with Crippen molar-refractivity contribution in [2.45, 2.75) is 58.9 Å². The molecule has 3 N–H and O–H groups in total. The fraction of sp³-hybridized carbons (Fsp3) is 0.562. The molecule has 1 amide bonds. The molecule has 0 atom stereocenters. The molecule has 3 heteroatoms. The first-order chi connectivity index (χ1) is 9.16. The lowest BCUT2D eigenvalue weighted by atomic mass is 9.95. The van der Waals surface area contributed by atoms with E-state index >= 15 is 0 Å². The first-order valence-electron chi connectivity index (χ1n) is 7.34. The van der Waals surface area contributed by atoms with Gasteiger partial charge in [-0.2, -0.15) is 0 Å². The van der Waals surface area contributed by atoms with E-state index in [1.165, 1.54) is 32.1 Å². The molecule has 0 aromatic heterocycles. The molecule has 1 aliphatic rings. The Morgan fingerprint density at radius 2 is 1.84 bits per heavy atom. The second kappa shape index (κ2) is 7.82. The standard InChI is InChI=1S/C14H20N2O.C2H6/c1-10-7-8-12(14(15)17)13(9-10)16-11-5-3-2-4-6-11;1-2/h7-9,11,16H,2-6H2,1H3,(H2,15,17);1-2H3. The average Bonchev–Trinajstić information content (AvgIpc) is 2.42. The Kier molecular flexibility index (Phi) is 6.40. The van der Waals surface area contributed by atoms with Crippen LogP contribution >= 0.6 is 0 Å². The van der Waals surface area contributed by atoms with Gasteiger partial charge in [0.1, 0.15) is 0 Å². The smallest absolute Gasteiger partial charge is 0.250 e. The summed E-state index contributed by atoms with van der Waals surface area (Å²) in [6.45, 7) is 6.02. The van der Waals surface area contributed by atoms with Gasteiger partial charge in [-0.05, 0) is 37.5 Å². The lowest BCUT2D eigenvalue weighted by Crippen LogP contribution is -2.24. The van der Waals surface area contributed by atoms with E-state index in [2.05, 4.69) is 5.32 Å². The molecule has 2 rings (SSSR count). The summed E-state index contributed by atoms with van der Waals surface area (Å²) in [5.74, 6) is -0.358. The van der Waals surface area contributed by atoms with Crippen molar-refractivity contribution in [1.82, 2.24) is 0 Å². The zero-order chi connectivity index (χ0) is 14.3. The van der Waals surface area contributed by atoms with Crippen LogP contribution in [0.5, 0.6) is 0 Å². The van der Waals surface area contributed by atoms with Crippen LogP contribution in [0.1, 0.15) is 61.9 Å². The van der Waals surface area contributed by atoms with Gasteiger partial charge in [-0.3, -0.25) is 4.79 Å². The highest BCUT2D eigenvalue weighted by molar-refractivity contribution is 5.98. The van der Waals surface area contributed by atoms with Crippen molar-refractivity contribution in [3.8, 4) is 0 Å². The first-order valence-corrected chi connectivity index (χ1v) is 7.34. The summed E-state index contributed by atoms with van der Waals surface area (Å²) in [7, 11) is 0. The number of carbonyl (C=O) groups excluding carboxylic acids is 1. The van der Waals surface area contributed by atoms with Crippen molar-refractivity contribution < 1.29 is 4.79 Å². The monoisotopic (exact) mass is 262 g/mol. The van der Waals surface area contributed by atoms with Crippen LogP contribution in [0.3, 0.4) is 0 Å². The number of hydrogen-bond donors (Lipinski definition) is 2. The molecular weight excluding hydrogens is 236 g/mol. The molecule has 1 saturated carbocycles. The zero-order valence-electron chi connectivity index (χ0n) is 12.3. The van der Waals surface area contributed by atoms with Crippen LogP contribution in [0.2, 0.25) is 0 Å². The molecule has 0 unspecified atom stereocenters. The van der Waals surface area contributed by atoms with Crippen LogP contribution in [0.15, 0.2) is 18.2 Å². The topological polar surface area (TPSA) is 55.1 Å². The minimum Gasteiger partial charge on any atom is -0.382 e. The van der Waals surface area contributed by atoms with Crippen LogP contribution in [-0.2, 0) is 0 Å². The van der Waals surface area contributed by atoms with Gasteiger partial charge in [0.2, 0.25) is 0 Å². The highest BCUT2D eigenvalue weighted by Crippen LogP contribution is 2.24. The summed E-state index contributed by atoms with van der Waals surface area (Å²) in [4.78, 5) is 11.4. The Hall–Kier alpha value is -1.51. The zero-order valence-corrected chi connectivity index (χ0v) is 12.3. The van der Waals surface area contributed by atoms with Gasteiger partial charge in [-0.25, -0.2) is 0 Å². The molecule has 106 valence electrons.